The molecule has 0 fully saturated rings. The Bertz CT molecular complexity index is 252. The predicted molar refractivity (Wildman–Crippen MR) is 53.8 cm³/mol. The molecule has 0 amide bonds. The smallest absolute Gasteiger partial charge is 0.123 e. The maximum atomic E-state index is 5.50. The summed E-state index contributed by atoms with van der Waals surface area (Å²) in [5.74, 6) is 0.850. The number of para-hydroxylation sites is 1. The lowest BCUT2D eigenvalue weighted by Crippen LogP contribution is -2.07. The maximum absolute atomic E-state index is 5.50. The van der Waals surface area contributed by atoms with Crippen LogP contribution in [0.1, 0.15) is 10.8 Å². The molecule has 0 aliphatic heterocycles. The van der Waals surface area contributed by atoms with E-state index in [4.69, 9.17) is 10.5 Å². The Balaban J connectivity index is 2.96. The minimum absolute atomic E-state index is 0.0566. The summed E-state index contributed by atoms with van der Waals surface area (Å²) in [7, 11) is 1.65. The van der Waals surface area contributed by atoms with Crippen LogP contribution in [0.3, 0.4) is 0 Å². The van der Waals surface area contributed by atoms with Crippen molar-refractivity contribution in [2.45, 2.75) is 5.25 Å². The van der Waals surface area contributed by atoms with E-state index in [-0.39, 0.29) is 5.25 Å². The van der Waals surface area contributed by atoms with Gasteiger partial charge in [-0.1, -0.05) is 18.2 Å². The first-order chi connectivity index (χ1) is 5.79. The number of thiol groups is 1. The quantitative estimate of drug-likeness (QED) is 0.698. The zero-order valence-electron chi connectivity index (χ0n) is 7.03. The summed E-state index contributed by atoms with van der Waals surface area (Å²) in [6.07, 6.45) is 0. The van der Waals surface area contributed by atoms with Crippen molar-refractivity contribution in [2.24, 2.45) is 5.73 Å². The van der Waals surface area contributed by atoms with Crippen LogP contribution in [0.2, 0.25) is 0 Å². The molecule has 0 bridgehead atoms. The molecule has 1 aromatic rings. The largest absolute Gasteiger partial charge is 0.496 e. The van der Waals surface area contributed by atoms with Crippen LogP contribution in [-0.2, 0) is 0 Å². The fraction of sp³-hybridized carbons (Fsp3) is 0.333. The van der Waals surface area contributed by atoms with E-state index in [0.29, 0.717) is 6.54 Å². The summed E-state index contributed by atoms with van der Waals surface area (Å²) < 4.78 is 5.16. The van der Waals surface area contributed by atoms with Gasteiger partial charge in [-0.25, -0.2) is 0 Å². The van der Waals surface area contributed by atoms with Crippen LogP contribution in [0.15, 0.2) is 24.3 Å². The van der Waals surface area contributed by atoms with E-state index in [1.54, 1.807) is 7.11 Å². The molecule has 1 aromatic carbocycles. The standard InChI is InChI=1S/C9H13NOS/c1-11-8-5-3-2-4-7(8)9(12)6-10/h2-5,9,12H,6,10H2,1H3. The number of hydrogen-bond donors (Lipinski definition) is 2. The van der Waals surface area contributed by atoms with Gasteiger partial charge in [0.1, 0.15) is 5.75 Å². The molecule has 1 atom stereocenters. The van der Waals surface area contributed by atoms with Crippen molar-refractivity contribution in [2.75, 3.05) is 13.7 Å². The van der Waals surface area contributed by atoms with Crippen LogP contribution < -0.4 is 10.5 Å². The van der Waals surface area contributed by atoms with Crippen LogP contribution in [0, 0.1) is 0 Å². The highest BCUT2D eigenvalue weighted by Crippen LogP contribution is 2.27. The average molecular weight is 183 g/mol. The predicted octanol–water partition coefficient (Wildman–Crippen LogP) is 1.62. The first-order valence-electron chi connectivity index (χ1n) is 3.80. The number of hydrogen-bond acceptors (Lipinski definition) is 3. The van der Waals surface area contributed by atoms with Gasteiger partial charge in [-0.05, 0) is 6.07 Å². The minimum Gasteiger partial charge on any atom is -0.496 e. The SMILES string of the molecule is COc1ccccc1C(S)CN. The van der Waals surface area contributed by atoms with Crippen LogP contribution in [0.4, 0.5) is 0 Å². The first kappa shape index (κ1) is 9.42. The molecular formula is C9H13NOS. The molecule has 0 radical (unpaired) electrons. The fourth-order valence-electron chi connectivity index (χ4n) is 1.07. The Morgan fingerprint density at radius 2 is 2.17 bits per heavy atom. The molecule has 0 heterocycles. The summed E-state index contributed by atoms with van der Waals surface area (Å²) >= 11 is 4.34. The number of methoxy groups -OCH3 is 1. The Morgan fingerprint density at radius 1 is 1.50 bits per heavy atom. The van der Waals surface area contributed by atoms with Crippen molar-refractivity contribution in [1.82, 2.24) is 0 Å². The lowest BCUT2D eigenvalue weighted by molar-refractivity contribution is 0.409. The zero-order chi connectivity index (χ0) is 8.97. The third-order valence-electron chi connectivity index (χ3n) is 1.72. The van der Waals surface area contributed by atoms with Gasteiger partial charge in [0.05, 0.1) is 7.11 Å². The fourth-order valence-corrected chi connectivity index (χ4v) is 1.28. The highest BCUT2D eigenvalue weighted by atomic mass is 32.1. The Labute approximate surface area is 78.1 Å². The summed E-state index contributed by atoms with van der Waals surface area (Å²) in [6.45, 7) is 0.517. The molecular weight excluding hydrogens is 170 g/mol. The number of nitrogens with two attached hydrogens (primary N) is 1. The van der Waals surface area contributed by atoms with Crippen LogP contribution in [-0.4, -0.2) is 13.7 Å². The Kier molecular flexibility index (Phi) is 3.44. The molecule has 12 heavy (non-hydrogen) atoms. The Hall–Kier alpha value is -0.670. The molecule has 0 spiro atoms. The van der Waals surface area contributed by atoms with Crippen molar-refractivity contribution in [1.29, 1.82) is 0 Å². The lowest BCUT2D eigenvalue weighted by Gasteiger charge is -2.12. The van der Waals surface area contributed by atoms with E-state index in [2.05, 4.69) is 12.6 Å². The second-order valence-electron chi connectivity index (χ2n) is 2.49. The van der Waals surface area contributed by atoms with Crippen LogP contribution >= 0.6 is 12.6 Å². The van der Waals surface area contributed by atoms with Crippen molar-refractivity contribution in [3.05, 3.63) is 29.8 Å². The number of ether oxygens (including phenoxy) is 1. The molecule has 1 unspecified atom stereocenters. The molecule has 2 nitrogen and oxygen atoms in total. The summed E-state index contributed by atoms with van der Waals surface area (Å²) in [6, 6.07) is 7.77. The molecule has 66 valence electrons. The van der Waals surface area contributed by atoms with Crippen LogP contribution in [0.5, 0.6) is 5.75 Å². The molecule has 3 heteroatoms. The minimum atomic E-state index is 0.0566. The van der Waals surface area contributed by atoms with Gasteiger partial charge in [0.25, 0.3) is 0 Å². The monoisotopic (exact) mass is 183 g/mol. The summed E-state index contributed by atoms with van der Waals surface area (Å²) in [4.78, 5) is 0. The second kappa shape index (κ2) is 4.38. The first-order valence-corrected chi connectivity index (χ1v) is 4.32. The Morgan fingerprint density at radius 3 is 2.75 bits per heavy atom. The van der Waals surface area contributed by atoms with E-state index in [1.807, 2.05) is 24.3 Å². The van der Waals surface area contributed by atoms with Crippen molar-refractivity contribution in [3.8, 4) is 5.75 Å². The maximum Gasteiger partial charge on any atom is 0.123 e. The lowest BCUT2D eigenvalue weighted by atomic mass is 10.1. The third kappa shape index (κ3) is 1.93. The molecule has 0 saturated heterocycles. The molecule has 1 rings (SSSR count). The average Bonchev–Trinajstić information content (AvgIpc) is 2.16. The third-order valence-corrected chi connectivity index (χ3v) is 2.21. The van der Waals surface area contributed by atoms with Gasteiger partial charge in [0, 0.05) is 17.4 Å². The van der Waals surface area contributed by atoms with Crippen molar-refractivity contribution < 1.29 is 4.74 Å². The van der Waals surface area contributed by atoms with E-state index < -0.39 is 0 Å². The van der Waals surface area contributed by atoms with Gasteiger partial charge >= 0.3 is 0 Å². The van der Waals surface area contributed by atoms with Gasteiger partial charge in [-0.2, -0.15) is 12.6 Å². The van der Waals surface area contributed by atoms with E-state index >= 15 is 0 Å². The van der Waals surface area contributed by atoms with Gasteiger partial charge < -0.3 is 10.5 Å². The zero-order valence-corrected chi connectivity index (χ0v) is 7.92. The number of benzene rings is 1. The van der Waals surface area contributed by atoms with E-state index in [1.165, 1.54) is 0 Å². The summed E-state index contributed by atoms with van der Waals surface area (Å²) in [5.41, 5.74) is 6.54. The second-order valence-corrected chi connectivity index (χ2v) is 3.12. The van der Waals surface area contributed by atoms with Gasteiger partial charge in [-0.3, -0.25) is 0 Å². The normalized spacial score (nSPS) is 12.6. The van der Waals surface area contributed by atoms with Crippen LogP contribution in [0.25, 0.3) is 0 Å². The van der Waals surface area contributed by atoms with E-state index in [9.17, 15) is 0 Å². The van der Waals surface area contributed by atoms with Gasteiger partial charge in [0.2, 0.25) is 0 Å². The van der Waals surface area contributed by atoms with E-state index in [0.717, 1.165) is 11.3 Å². The van der Waals surface area contributed by atoms with Crippen molar-refractivity contribution in [3.63, 3.8) is 0 Å². The highest BCUT2D eigenvalue weighted by molar-refractivity contribution is 7.80. The van der Waals surface area contributed by atoms with Crippen molar-refractivity contribution >= 4 is 12.6 Å². The molecule has 2 N–H and O–H groups in total. The topological polar surface area (TPSA) is 35.2 Å². The molecule has 0 saturated carbocycles. The summed E-state index contributed by atoms with van der Waals surface area (Å²) in [5, 5.41) is 0.0566. The highest BCUT2D eigenvalue weighted by Gasteiger charge is 2.08. The molecule has 0 aliphatic carbocycles. The molecule has 0 aliphatic rings. The molecule has 0 aromatic heterocycles. The number of rotatable bonds is 3. The van der Waals surface area contributed by atoms with Gasteiger partial charge in [-0.15, -0.1) is 0 Å². The van der Waals surface area contributed by atoms with Gasteiger partial charge in [0.15, 0.2) is 0 Å².